The molecule has 2 aromatic carbocycles. The normalized spacial score (nSPS) is 20.2. The van der Waals surface area contributed by atoms with E-state index >= 15 is 0 Å². The minimum atomic E-state index is 0.191. The lowest BCUT2D eigenvalue weighted by Gasteiger charge is -2.41. The zero-order valence-electron chi connectivity index (χ0n) is 15.9. The molecule has 3 nitrogen and oxygen atoms in total. The van der Waals surface area contributed by atoms with Crippen molar-refractivity contribution in [3.63, 3.8) is 0 Å². The third-order valence-corrected chi connectivity index (χ3v) is 5.41. The second-order valence-electron chi connectivity index (χ2n) is 7.41. The van der Waals surface area contributed by atoms with Crippen LogP contribution in [-0.4, -0.2) is 36.0 Å². The molecule has 0 unspecified atom stereocenters. The Labute approximate surface area is 157 Å². The highest BCUT2D eigenvalue weighted by molar-refractivity contribution is 5.73. The fourth-order valence-electron chi connectivity index (χ4n) is 3.95. The average molecular weight is 351 g/mol. The summed E-state index contributed by atoms with van der Waals surface area (Å²) in [6.45, 7) is 5.64. The number of nitrogens with zero attached hydrogens (tertiary/aromatic N) is 1. The molecule has 2 aromatic rings. The molecule has 1 fully saturated rings. The molecule has 0 saturated carbocycles. The Balaban J connectivity index is 1.66. The standard InChI is InChI=1S/C23H30N2O/c1-18-10-12-21(13-11-18)17-23-22(9-6-16-25(23)19(2)26)24-15-14-20-7-4-3-5-8-20/h3-5,7-8,10-13,22-24H,6,9,14-17H2,1-2H3/t22-,23-/m0/s1. The molecule has 2 atom stereocenters. The molecule has 3 rings (SSSR count). The Kier molecular flexibility index (Phi) is 6.45. The molecule has 1 aliphatic heterocycles. The molecule has 3 heteroatoms. The summed E-state index contributed by atoms with van der Waals surface area (Å²) in [5.41, 5.74) is 3.94. The van der Waals surface area contributed by atoms with E-state index in [1.165, 1.54) is 16.7 Å². The van der Waals surface area contributed by atoms with Gasteiger partial charge in [0, 0.05) is 19.5 Å². The first-order valence-electron chi connectivity index (χ1n) is 9.73. The summed E-state index contributed by atoms with van der Waals surface area (Å²) in [5.74, 6) is 0.191. The summed E-state index contributed by atoms with van der Waals surface area (Å²) in [6.07, 6.45) is 4.15. The van der Waals surface area contributed by atoms with Crippen molar-refractivity contribution in [3.05, 3.63) is 71.3 Å². The number of hydrogen-bond donors (Lipinski definition) is 1. The molecule has 1 heterocycles. The number of nitrogens with one attached hydrogen (secondary N) is 1. The quantitative estimate of drug-likeness (QED) is 0.860. The first-order valence-corrected chi connectivity index (χ1v) is 9.73. The van der Waals surface area contributed by atoms with E-state index in [0.717, 1.165) is 38.8 Å². The molecule has 1 aliphatic rings. The number of benzene rings is 2. The van der Waals surface area contributed by atoms with Crippen LogP contribution in [0.2, 0.25) is 0 Å². The minimum absolute atomic E-state index is 0.191. The average Bonchev–Trinajstić information content (AvgIpc) is 2.65. The second-order valence-corrected chi connectivity index (χ2v) is 7.41. The lowest BCUT2D eigenvalue weighted by Crippen LogP contribution is -2.56. The maximum absolute atomic E-state index is 12.2. The Hall–Kier alpha value is -2.13. The van der Waals surface area contributed by atoms with Gasteiger partial charge in [-0.25, -0.2) is 0 Å². The van der Waals surface area contributed by atoms with E-state index in [0.29, 0.717) is 6.04 Å². The Bertz CT molecular complexity index is 696. The molecule has 0 aliphatic carbocycles. The second kappa shape index (κ2) is 9.00. The molecule has 0 spiro atoms. The number of hydrogen-bond acceptors (Lipinski definition) is 2. The van der Waals surface area contributed by atoms with Crippen molar-refractivity contribution in [2.24, 2.45) is 0 Å². The van der Waals surface area contributed by atoms with Gasteiger partial charge in [-0.05, 0) is 50.3 Å². The number of likely N-dealkylation sites (tertiary alicyclic amines) is 1. The van der Waals surface area contributed by atoms with Crippen LogP contribution >= 0.6 is 0 Å². The predicted molar refractivity (Wildman–Crippen MR) is 107 cm³/mol. The van der Waals surface area contributed by atoms with E-state index in [1.807, 2.05) is 0 Å². The summed E-state index contributed by atoms with van der Waals surface area (Å²) in [7, 11) is 0. The van der Waals surface area contributed by atoms with Crippen LogP contribution in [0.15, 0.2) is 54.6 Å². The van der Waals surface area contributed by atoms with Gasteiger partial charge in [0.2, 0.25) is 5.91 Å². The Morgan fingerprint density at radius 3 is 2.50 bits per heavy atom. The smallest absolute Gasteiger partial charge is 0.219 e. The summed E-state index contributed by atoms with van der Waals surface area (Å²) < 4.78 is 0. The van der Waals surface area contributed by atoms with Crippen LogP contribution in [0.3, 0.4) is 0 Å². The van der Waals surface area contributed by atoms with Gasteiger partial charge in [-0.2, -0.15) is 0 Å². The fourth-order valence-corrected chi connectivity index (χ4v) is 3.95. The third kappa shape index (κ3) is 4.95. The van der Waals surface area contributed by atoms with Crippen LogP contribution in [0.5, 0.6) is 0 Å². The van der Waals surface area contributed by atoms with Gasteiger partial charge in [-0.15, -0.1) is 0 Å². The van der Waals surface area contributed by atoms with Crippen molar-refractivity contribution in [2.75, 3.05) is 13.1 Å². The van der Waals surface area contributed by atoms with Gasteiger partial charge in [-0.3, -0.25) is 4.79 Å². The number of carbonyl (C=O) groups excluding carboxylic acids is 1. The van der Waals surface area contributed by atoms with Crippen molar-refractivity contribution in [1.29, 1.82) is 0 Å². The van der Waals surface area contributed by atoms with Crippen molar-refractivity contribution >= 4 is 5.91 Å². The molecule has 1 amide bonds. The van der Waals surface area contributed by atoms with E-state index in [1.54, 1.807) is 6.92 Å². The first kappa shape index (κ1) is 18.7. The van der Waals surface area contributed by atoms with Gasteiger partial charge in [0.25, 0.3) is 0 Å². The number of piperidine rings is 1. The molecule has 138 valence electrons. The zero-order chi connectivity index (χ0) is 18.4. The molecule has 0 bridgehead atoms. The monoisotopic (exact) mass is 350 g/mol. The Morgan fingerprint density at radius 2 is 1.81 bits per heavy atom. The molecule has 0 radical (unpaired) electrons. The number of rotatable bonds is 6. The van der Waals surface area contributed by atoms with Gasteiger partial charge < -0.3 is 10.2 Å². The van der Waals surface area contributed by atoms with E-state index in [2.05, 4.69) is 71.7 Å². The van der Waals surface area contributed by atoms with Crippen LogP contribution in [0.1, 0.15) is 36.5 Å². The molecule has 26 heavy (non-hydrogen) atoms. The van der Waals surface area contributed by atoms with Crippen LogP contribution < -0.4 is 5.32 Å². The first-order chi connectivity index (χ1) is 12.6. The molecule has 0 aromatic heterocycles. The number of amides is 1. The highest BCUT2D eigenvalue weighted by Crippen LogP contribution is 2.22. The van der Waals surface area contributed by atoms with Crippen LogP contribution in [0, 0.1) is 6.92 Å². The summed E-state index contributed by atoms with van der Waals surface area (Å²) in [4.78, 5) is 14.3. The van der Waals surface area contributed by atoms with E-state index in [-0.39, 0.29) is 11.9 Å². The van der Waals surface area contributed by atoms with Crippen LogP contribution in [0.25, 0.3) is 0 Å². The van der Waals surface area contributed by atoms with Gasteiger partial charge in [-0.1, -0.05) is 60.2 Å². The zero-order valence-corrected chi connectivity index (χ0v) is 15.9. The summed E-state index contributed by atoms with van der Waals surface area (Å²) in [6, 6.07) is 19.9. The highest BCUT2D eigenvalue weighted by atomic mass is 16.2. The topological polar surface area (TPSA) is 32.3 Å². The lowest BCUT2D eigenvalue weighted by atomic mass is 9.90. The van der Waals surface area contributed by atoms with Crippen molar-refractivity contribution in [3.8, 4) is 0 Å². The maximum Gasteiger partial charge on any atom is 0.219 e. The van der Waals surface area contributed by atoms with Crippen molar-refractivity contribution < 1.29 is 4.79 Å². The third-order valence-electron chi connectivity index (χ3n) is 5.41. The van der Waals surface area contributed by atoms with Crippen molar-refractivity contribution in [2.45, 2.75) is 51.6 Å². The van der Waals surface area contributed by atoms with Crippen LogP contribution in [0.4, 0.5) is 0 Å². The minimum Gasteiger partial charge on any atom is -0.338 e. The van der Waals surface area contributed by atoms with E-state index in [4.69, 9.17) is 0 Å². The SMILES string of the molecule is CC(=O)N1CCC[C@H](NCCc2ccccc2)[C@@H]1Cc1ccc(C)cc1. The Morgan fingerprint density at radius 1 is 1.08 bits per heavy atom. The van der Waals surface area contributed by atoms with Gasteiger partial charge >= 0.3 is 0 Å². The maximum atomic E-state index is 12.2. The van der Waals surface area contributed by atoms with E-state index < -0.39 is 0 Å². The number of aryl methyl sites for hydroxylation is 1. The number of carbonyl (C=O) groups is 1. The largest absolute Gasteiger partial charge is 0.338 e. The van der Waals surface area contributed by atoms with Gasteiger partial charge in [0.15, 0.2) is 0 Å². The molecular formula is C23H30N2O. The highest BCUT2D eigenvalue weighted by Gasteiger charge is 2.32. The van der Waals surface area contributed by atoms with Crippen LogP contribution in [-0.2, 0) is 17.6 Å². The predicted octanol–water partition coefficient (Wildman–Crippen LogP) is 3.75. The van der Waals surface area contributed by atoms with Gasteiger partial charge in [0.1, 0.15) is 0 Å². The van der Waals surface area contributed by atoms with E-state index in [9.17, 15) is 4.79 Å². The fraction of sp³-hybridized carbons (Fsp3) is 0.435. The molecule has 1 N–H and O–H groups in total. The lowest BCUT2D eigenvalue weighted by molar-refractivity contribution is -0.133. The van der Waals surface area contributed by atoms with Gasteiger partial charge in [0.05, 0.1) is 6.04 Å². The summed E-state index contributed by atoms with van der Waals surface area (Å²) >= 11 is 0. The molecule has 1 saturated heterocycles. The van der Waals surface area contributed by atoms with Crippen molar-refractivity contribution in [1.82, 2.24) is 10.2 Å². The molecular weight excluding hydrogens is 320 g/mol. The summed E-state index contributed by atoms with van der Waals surface area (Å²) in [5, 5.41) is 3.74.